The summed E-state index contributed by atoms with van der Waals surface area (Å²) in [6, 6.07) is 7.95. The largest absolute Gasteiger partial charge is 0.316 e. The molecule has 0 spiro atoms. The van der Waals surface area contributed by atoms with Crippen LogP contribution in [0.2, 0.25) is 5.02 Å². The zero-order valence-corrected chi connectivity index (χ0v) is 11.6. The number of aromatic amines is 1. The van der Waals surface area contributed by atoms with Crippen molar-refractivity contribution in [2.45, 2.75) is 19.3 Å². The van der Waals surface area contributed by atoms with Crippen LogP contribution in [0.25, 0.3) is 11.1 Å². The van der Waals surface area contributed by atoms with Crippen LogP contribution in [-0.2, 0) is 6.42 Å². The van der Waals surface area contributed by atoms with Gasteiger partial charge in [-0.1, -0.05) is 29.8 Å². The molecule has 0 bridgehead atoms. The van der Waals surface area contributed by atoms with E-state index in [1.54, 1.807) is 0 Å². The first-order valence-corrected chi connectivity index (χ1v) is 7.20. The lowest BCUT2D eigenvalue weighted by Gasteiger charge is -2.22. The van der Waals surface area contributed by atoms with E-state index in [0.717, 1.165) is 35.7 Å². The summed E-state index contributed by atoms with van der Waals surface area (Å²) < 4.78 is 0. The number of halogens is 1. The average molecular weight is 276 g/mol. The van der Waals surface area contributed by atoms with Gasteiger partial charge in [0.05, 0.1) is 6.20 Å². The molecule has 1 saturated heterocycles. The van der Waals surface area contributed by atoms with E-state index >= 15 is 0 Å². The molecule has 0 saturated carbocycles. The van der Waals surface area contributed by atoms with Crippen LogP contribution in [-0.4, -0.2) is 23.3 Å². The Kier molecular flexibility index (Phi) is 3.85. The number of nitrogens with zero attached hydrogens (tertiary/aromatic N) is 1. The van der Waals surface area contributed by atoms with Crippen molar-refractivity contribution in [3.05, 3.63) is 41.2 Å². The van der Waals surface area contributed by atoms with Crippen molar-refractivity contribution in [1.29, 1.82) is 0 Å². The Morgan fingerprint density at radius 2 is 2.16 bits per heavy atom. The highest BCUT2D eigenvalue weighted by atomic mass is 35.5. The Balaban J connectivity index is 1.84. The highest BCUT2D eigenvalue weighted by Crippen LogP contribution is 2.30. The summed E-state index contributed by atoms with van der Waals surface area (Å²) in [6.45, 7) is 2.25. The number of H-pyrrole nitrogens is 1. The van der Waals surface area contributed by atoms with Crippen LogP contribution in [0.3, 0.4) is 0 Å². The molecule has 1 aromatic carbocycles. The van der Waals surface area contributed by atoms with E-state index in [2.05, 4.69) is 21.6 Å². The molecule has 2 heterocycles. The molecule has 2 aromatic rings. The quantitative estimate of drug-likeness (QED) is 0.903. The second-order valence-electron chi connectivity index (χ2n) is 5.16. The molecule has 0 amide bonds. The molecule has 100 valence electrons. The Labute approximate surface area is 118 Å². The minimum absolute atomic E-state index is 0.690. The van der Waals surface area contributed by atoms with Crippen LogP contribution in [0.1, 0.15) is 18.5 Å². The highest BCUT2D eigenvalue weighted by molar-refractivity contribution is 6.33. The first kappa shape index (κ1) is 12.7. The van der Waals surface area contributed by atoms with E-state index in [1.165, 1.54) is 18.5 Å². The van der Waals surface area contributed by atoms with Crippen LogP contribution >= 0.6 is 11.6 Å². The zero-order chi connectivity index (χ0) is 13.1. The van der Waals surface area contributed by atoms with Gasteiger partial charge in [0.25, 0.3) is 0 Å². The van der Waals surface area contributed by atoms with Crippen molar-refractivity contribution in [3.63, 3.8) is 0 Å². The van der Waals surface area contributed by atoms with E-state index in [9.17, 15) is 0 Å². The van der Waals surface area contributed by atoms with Crippen molar-refractivity contribution < 1.29 is 0 Å². The van der Waals surface area contributed by atoms with Gasteiger partial charge in [0, 0.05) is 21.8 Å². The van der Waals surface area contributed by atoms with Crippen LogP contribution in [0.5, 0.6) is 0 Å². The smallest absolute Gasteiger partial charge is 0.0569 e. The number of benzene rings is 1. The number of hydrogen-bond donors (Lipinski definition) is 2. The molecule has 1 unspecified atom stereocenters. The number of nitrogens with one attached hydrogen (secondary N) is 2. The van der Waals surface area contributed by atoms with Gasteiger partial charge >= 0.3 is 0 Å². The van der Waals surface area contributed by atoms with Crippen molar-refractivity contribution in [3.8, 4) is 11.1 Å². The summed E-state index contributed by atoms with van der Waals surface area (Å²) in [5, 5.41) is 11.6. The Morgan fingerprint density at radius 3 is 2.95 bits per heavy atom. The fourth-order valence-corrected chi connectivity index (χ4v) is 3.00. The van der Waals surface area contributed by atoms with Crippen molar-refractivity contribution in [1.82, 2.24) is 15.5 Å². The molecule has 0 aliphatic carbocycles. The van der Waals surface area contributed by atoms with Gasteiger partial charge in [-0.3, -0.25) is 5.10 Å². The minimum atomic E-state index is 0.690. The molecule has 1 atom stereocenters. The number of rotatable bonds is 3. The summed E-state index contributed by atoms with van der Waals surface area (Å²) in [5.41, 5.74) is 3.40. The Bertz CT molecular complexity index is 544. The predicted molar refractivity (Wildman–Crippen MR) is 78.3 cm³/mol. The van der Waals surface area contributed by atoms with Crippen LogP contribution in [0, 0.1) is 5.92 Å². The van der Waals surface area contributed by atoms with Crippen LogP contribution in [0.4, 0.5) is 0 Å². The third-order valence-electron chi connectivity index (χ3n) is 3.77. The summed E-state index contributed by atoms with van der Waals surface area (Å²) in [7, 11) is 0. The maximum Gasteiger partial charge on any atom is 0.0569 e. The van der Waals surface area contributed by atoms with Gasteiger partial charge in [-0.05, 0) is 44.3 Å². The first-order chi connectivity index (χ1) is 9.34. The molecular formula is C15H18ClN3. The normalized spacial score (nSPS) is 19.5. The fraction of sp³-hybridized carbons (Fsp3) is 0.400. The topological polar surface area (TPSA) is 40.7 Å². The van der Waals surface area contributed by atoms with Gasteiger partial charge in [-0.25, -0.2) is 0 Å². The first-order valence-electron chi connectivity index (χ1n) is 6.82. The van der Waals surface area contributed by atoms with Gasteiger partial charge in [-0.2, -0.15) is 5.10 Å². The Hall–Kier alpha value is -1.32. The van der Waals surface area contributed by atoms with Crippen molar-refractivity contribution in [2.75, 3.05) is 13.1 Å². The number of piperidine rings is 1. The second-order valence-corrected chi connectivity index (χ2v) is 5.57. The van der Waals surface area contributed by atoms with Gasteiger partial charge in [0.15, 0.2) is 0 Å². The SMILES string of the molecule is Clc1ccccc1-c1cn[nH]c1CC1CCCNC1. The van der Waals surface area contributed by atoms with E-state index < -0.39 is 0 Å². The highest BCUT2D eigenvalue weighted by Gasteiger charge is 2.17. The van der Waals surface area contributed by atoms with Crippen molar-refractivity contribution >= 4 is 11.6 Å². The van der Waals surface area contributed by atoms with Crippen LogP contribution in [0.15, 0.2) is 30.5 Å². The van der Waals surface area contributed by atoms with E-state index in [1.807, 2.05) is 24.4 Å². The van der Waals surface area contributed by atoms with Gasteiger partial charge in [0.1, 0.15) is 0 Å². The monoisotopic (exact) mass is 275 g/mol. The van der Waals surface area contributed by atoms with Gasteiger partial charge in [-0.15, -0.1) is 0 Å². The molecule has 3 nitrogen and oxygen atoms in total. The standard InChI is InChI=1S/C15H18ClN3/c16-14-6-2-1-5-12(14)13-10-18-19-15(13)8-11-4-3-7-17-9-11/h1-2,5-6,10-11,17H,3-4,7-9H2,(H,18,19). The van der Waals surface area contributed by atoms with Crippen molar-refractivity contribution in [2.24, 2.45) is 5.92 Å². The summed E-state index contributed by atoms with van der Waals surface area (Å²) in [6.07, 6.45) is 5.47. The third-order valence-corrected chi connectivity index (χ3v) is 4.10. The molecular weight excluding hydrogens is 258 g/mol. The molecule has 1 aromatic heterocycles. The molecule has 0 radical (unpaired) electrons. The van der Waals surface area contributed by atoms with E-state index in [-0.39, 0.29) is 0 Å². The average Bonchev–Trinajstić information content (AvgIpc) is 2.88. The Morgan fingerprint density at radius 1 is 1.26 bits per heavy atom. The molecule has 2 N–H and O–H groups in total. The lowest BCUT2D eigenvalue weighted by atomic mass is 9.92. The van der Waals surface area contributed by atoms with Crippen LogP contribution < -0.4 is 5.32 Å². The fourth-order valence-electron chi connectivity index (χ4n) is 2.77. The zero-order valence-electron chi connectivity index (χ0n) is 10.8. The third kappa shape index (κ3) is 2.82. The summed E-state index contributed by atoms with van der Waals surface area (Å²) in [5.74, 6) is 0.690. The molecule has 19 heavy (non-hydrogen) atoms. The van der Waals surface area contributed by atoms with Gasteiger partial charge < -0.3 is 5.32 Å². The van der Waals surface area contributed by atoms with Gasteiger partial charge in [0.2, 0.25) is 0 Å². The molecule has 1 aliphatic heterocycles. The maximum absolute atomic E-state index is 6.28. The second kappa shape index (κ2) is 5.76. The number of hydrogen-bond acceptors (Lipinski definition) is 2. The molecule has 1 aliphatic rings. The minimum Gasteiger partial charge on any atom is -0.316 e. The molecule has 3 rings (SSSR count). The lowest BCUT2D eigenvalue weighted by molar-refractivity contribution is 0.373. The maximum atomic E-state index is 6.28. The lowest BCUT2D eigenvalue weighted by Crippen LogP contribution is -2.31. The van der Waals surface area contributed by atoms with E-state index in [4.69, 9.17) is 11.6 Å². The van der Waals surface area contributed by atoms with E-state index in [0.29, 0.717) is 5.92 Å². The molecule has 4 heteroatoms. The predicted octanol–water partition coefficient (Wildman–Crippen LogP) is 3.27. The number of aromatic nitrogens is 2. The summed E-state index contributed by atoms with van der Waals surface area (Å²) >= 11 is 6.28. The summed E-state index contributed by atoms with van der Waals surface area (Å²) in [4.78, 5) is 0. The molecule has 1 fully saturated rings.